The lowest BCUT2D eigenvalue weighted by molar-refractivity contribution is -0.146. The number of hydrogen-bond acceptors (Lipinski definition) is 4. The van der Waals surface area contributed by atoms with E-state index in [-0.39, 0.29) is 17.5 Å². The Morgan fingerprint density at radius 2 is 2.26 bits per heavy atom. The second-order valence-corrected chi connectivity index (χ2v) is 6.63. The molecule has 4 nitrogen and oxygen atoms in total. The van der Waals surface area contributed by atoms with Gasteiger partial charge in [0.05, 0.1) is 5.54 Å². The summed E-state index contributed by atoms with van der Waals surface area (Å²) >= 11 is 0. The highest BCUT2D eigenvalue weighted by Gasteiger charge is 2.84. The van der Waals surface area contributed by atoms with Gasteiger partial charge in [-0.05, 0) is 18.9 Å². The van der Waals surface area contributed by atoms with Crippen LogP contribution in [0.25, 0.3) is 0 Å². The fourth-order valence-corrected chi connectivity index (χ4v) is 4.61. The third-order valence-corrected chi connectivity index (χ3v) is 6.03. The van der Waals surface area contributed by atoms with Gasteiger partial charge < -0.3 is 15.2 Å². The van der Waals surface area contributed by atoms with Crippen LogP contribution in [0.5, 0.6) is 0 Å². The average molecular weight is 257 g/mol. The van der Waals surface area contributed by atoms with E-state index in [0.717, 1.165) is 11.1 Å². The van der Waals surface area contributed by atoms with Crippen molar-refractivity contribution in [1.82, 2.24) is 0 Å². The average Bonchev–Trinajstić information content (AvgIpc) is 3.22. The molecule has 5 aliphatic rings. The van der Waals surface area contributed by atoms with Crippen molar-refractivity contribution in [2.75, 3.05) is 0 Å². The van der Waals surface area contributed by atoms with E-state index in [9.17, 15) is 4.79 Å². The molecule has 2 aliphatic heterocycles. The third kappa shape index (κ3) is 0.753. The molecule has 5 atom stereocenters. The van der Waals surface area contributed by atoms with E-state index < -0.39 is 11.3 Å². The molecule has 1 spiro atoms. The van der Waals surface area contributed by atoms with E-state index in [1.54, 1.807) is 6.92 Å². The van der Waals surface area contributed by atoms with Crippen LogP contribution >= 0.6 is 0 Å². The number of epoxide rings is 1. The zero-order valence-corrected chi connectivity index (χ0v) is 10.9. The van der Waals surface area contributed by atoms with Gasteiger partial charge in [-0.15, -0.1) is 0 Å². The molecule has 0 radical (unpaired) electrons. The molecule has 19 heavy (non-hydrogen) atoms. The van der Waals surface area contributed by atoms with Crippen LogP contribution in [0.4, 0.5) is 0 Å². The van der Waals surface area contributed by atoms with Gasteiger partial charge in [-0.25, -0.2) is 4.79 Å². The highest BCUT2D eigenvalue weighted by molar-refractivity contribution is 5.93. The smallest absolute Gasteiger partial charge is 0.336 e. The predicted molar refractivity (Wildman–Crippen MR) is 66.8 cm³/mol. The van der Waals surface area contributed by atoms with Crippen molar-refractivity contribution in [3.05, 3.63) is 34.9 Å². The summed E-state index contributed by atoms with van der Waals surface area (Å²) in [7, 11) is 0. The van der Waals surface area contributed by atoms with Gasteiger partial charge in [-0.2, -0.15) is 0 Å². The maximum Gasteiger partial charge on any atom is 0.336 e. The molecule has 2 saturated carbocycles. The van der Waals surface area contributed by atoms with E-state index in [1.807, 2.05) is 0 Å². The second-order valence-electron chi connectivity index (χ2n) is 6.63. The van der Waals surface area contributed by atoms with E-state index >= 15 is 0 Å². The van der Waals surface area contributed by atoms with E-state index in [2.05, 4.69) is 19.6 Å². The first-order chi connectivity index (χ1) is 8.86. The molecule has 3 aliphatic carbocycles. The number of hydrogen-bond donors (Lipinski definition) is 1. The van der Waals surface area contributed by atoms with Gasteiger partial charge in [0.2, 0.25) is 0 Å². The number of rotatable bonds is 0. The Kier molecular flexibility index (Phi) is 1.28. The third-order valence-electron chi connectivity index (χ3n) is 6.03. The number of esters is 1. The van der Waals surface area contributed by atoms with Gasteiger partial charge in [-0.3, -0.25) is 0 Å². The number of carbonyl (C=O) groups excluding carboxylic acids is 1. The summed E-state index contributed by atoms with van der Waals surface area (Å²) < 4.78 is 11.4. The highest BCUT2D eigenvalue weighted by Crippen LogP contribution is 2.76. The van der Waals surface area contributed by atoms with Crippen molar-refractivity contribution in [3.63, 3.8) is 0 Å². The van der Waals surface area contributed by atoms with Crippen LogP contribution in [-0.2, 0) is 14.3 Å². The molecule has 2 heterocycles. The molecule has 4 heteroatoms. The highest BCUT2D eigenvalue weighted by atomic mass is 16.8. The monoisotopic (exact) mass is 257 g/mol. The molecular formula is C15H15NO3. The summed E-state index contributed by atoms with van der Waals surface area (Å²) in [6, 6.07) is 0. The molecule has 0 amide bonds. The van der Waals surface area contributed by atoms with E-state index in [0.29, 0.717) is 17.9 Å². The topological polar surface area (TPSA) is 64.8 Å². The lowest BCUT2D eigenvalue weighted by Gasteiger charge is -2.45. The van der Waals surface area contributed by atoms with Crippen molar-refractivity contribution in [3.8, 4) is 0 Å². The first-order valence-electron chi connectivity index (χ1n) is 6.68. The Morgan fingerprint density at radius 3 is 3.00 bits per heavy atom. The maximum atomic E-state index is 11.8. The SMILES string of the molecule is C=C1[C@H]2C=C2[C@]2(C)[C@@H]3O[C@@]34OC(=O)C(C)=C4C[C@@]12N. The molecule has 1 saturated heterocycles. The number of carbonyl (C=O) groups is 1. The molecule has 0 bridgehead atoms. The number of ether oxygens (including phenoxy) is 2. The minimum Gasteiger partial charge on any atom is -0.423 e. The van der Waals surface area contributed by atoms with Crippen molar-refractivity contribution in [1.29, 1.82) is 0 Å². The lowest BCUT2D eigenvalue weighted by atomic mass is 9.60. The first-order valence-corrected chi connectivity index (χ1v) is 6.68. The minimum atomic E-state index is -0.808. The van der Waals surface area contributed by atoms with Crippen molar-refractivity contribution >= 4 is 5.97 Å². The Bertz CT molecular complexity index is 675. The molecule has 0 unspecified atom stereocenters. The molecule has 98 valence electrons. The predicted octanol–water partition coefficient (Wildman–Crippen LogP) is 1.19. The quantitative estimate of drug-likeness (QED) is 0.402. The van der Waals surface area contributed by atoms with Crippen LogP contribution < -0.4 is 5.73 Å². The van der Waals surface area contributed by atoms with Crippen LogP contribution in [-0.4, -0.2) is 23.4 Å². The first kappa shape index (κ1) is 10.4. The summed E-state index contributed by atoms with van der Waals surface area (Å²) in [6.45, 7) is 8.14. The Labute approximate surface area is 110 Å². The maximum absolute atomic E-state index is 11.8. The molecule has 5 rings (SSSR count). The standard InChI is InChI=1S/C15H15NO3/c1-6-10-5-14(16)7(2)8-4-9(8)13(14,3)12-15(10,19-12)18-11(6)17/h4,8,12H,2,5,16H2,1,3H3/t8-,12+,13-,14-,15-/m1/s1. The van der Waals surface area contributed by atoms with Crippen LogP contribution in [0.1, 0.15) is 20.3 Å². The minimum absolute atomic E-state index is 0.148. The van der Waals surface area contributed by atoms with E-state index in [1.165, 1.54) is 5.57 Å². The molecular weight excluding hydrogens is 242 g/mol. The lowest BCUT2D eigenvalue weighted by Crippen LogP contribution is -2.59. The van der Waals surface area contributed by atoms with E-state index in [4.69, 9.17) is 15.2 Å². The summed E-state index contributed by atoms with van der Waals surface area (Å²) in [5, 5.41) is 0. The fraction of sp³-hybridized carbons (Fsp3) is 0.533. The van der Waals surface area contributed by atoms with Crippen molar-refractivity contribution in [2.24, 2.45) is 17.1 Å². The molecule has 0 aromatic heterocycles. The Hall–Kier alpha value is -1.39. The number of fused-ring (bicyclic) bond motifs is 4. The molecule has 0 aromatic rings. The number of nitrogens with two attached hydrogens (primary N) is 1. The summed E-state index contributed by atoms with van der Waals surface area (Å²) in [6.07, 6.45) is 2.68. The van der Waals surface area contributed by atoms with Gasteiger partial charge in [0.1, 0.15) is 6.10 Å². The summed E-state index contributed by atoms with van der Waals surface area (Å²) in [4.78, 5) is 11.8. The zero-order valence-electron chi connectivity index (χ0n) is 10.9. The normalized spacial score (nSPS) is 56.1. The Morgan fingerprint density at radius 1 is 1.53 bits per heavy atom. The summed E-state index contributed by atoms with van der Waals surface area (Å²) in [5.41, 5.74) is 9.93. The zero-order chi connectivity index (χ0) is 13.4. The van der Waals surface area contributed by atoms with Gasteiger partial charge in [0.15, 0.2) is 0 Å². The van der Waals surface area contributed by atoms with Gasteiger partial charge in [0, 0.05) is 22.5 Å². The molecule has 0 aromatic carbocycles. The fourth-order valence-electron chi connectivity index (χ4n) is 4.61. The van der Waals surface area contributed by atoms with Crippen molar-refractivity contribution < 1.29 is 14.3 Å². The van der Waals surface area contributed by atoms with Gasteiger partial charge in [-0.1, -0.05) is 25.2 Å². The summed E-state index contributed by atoms with van der Waals surface area (Å²) in [5.74, 6) is -0.736. The second kappa shape index (κ2) is 2.34. The van der Waals surface area contributed by atoms with Crippen LogP contribution in [0.3, 0.4) is 0 Å². The largest absolute Gasteiger partial charge is 0.423 e. The number of allylic oxidation sites excluding steroid dienone is 1. The van der Waals surface area contributed by atoms with Gasteiger partial charge >= 0.3 is 5.97 Å². The van der Waals surface area contributed by atoms with Gasteiger partial charge in [0.25, 0.3) is 5.79 Å². The van der Waals surface area contributed by atoms with Crippen LogP contribution in [0.15, 0.2) is 34.9 Å². The Balaban J connectivity index is 1.76. The van der Waals surface area contributed by atoms with Crippen molar-refractivity contribution in [2.45, 2.75) is 37.7 Å². The molecule has 3 fully saturated rings. The van der Waals surface area contributed by atoms with Crippen LogP contribution in [0.2, 0.25) is 0 Å². The molecule has 2 N–H and O–H groups in total. The van der Waals surface area contributed by atoms with Crippen LogP contribution in [0, 0.1) is 11.3 Å².